The second kappa shape index (κ2) is 5.81. The number of hydrogen-bond donors (Lipinski definition) is 0. The lowest BCUT2D eigenvalue weighted by Gasteiger charge is -2.23. The molecule has 0 saturated carbocycles. The fourth-order valence-corrected chi connectivity index (χ4v) is 1.02. The third kappa shape index (κ3) is 5.02. The van der Waals surface area contributed by atoms with E-state index in [0.29, 0.717) is 11.6 Å². The third-order valence-electron chi connectivity index (χ3n) is 2.21. The number of hydrogen-bond acceptors (Lipinski definition) is 3. The maximum atomic E-state index is 11.2. The Labute approximate surface area is 86.7 Å². The summed E-state index contributed by atoms with van der Waals surface area (Å²) < 4.78 is 5.17. The molecule has 0 saturated heterocycles. The van der Waals surface area contributed by atoms with Crippen molar-refractivity contribution in [3.8, 4) is 0 Å². The van der Waals surface area contributed by atoms with Gasteiger partial charge in [-0.25, -0.2) is 4.79 Å². The van der Waals surface area contributed by atoms with E-state index in [9.17, 15) is 4.79 Å². The maximum absolute atomic E-state index is 11.2. The van der Waals surface area contributed by atoms with E-state index in [0.717, 1.165) is 6.42 Å². The minimum Gasteiger partial charge on any atom is -0.459 e. The summed E-state index contributed by atoms with van der Waals surface area (Å²) in [7, 11) is 4.02. The van der Waals surface area contributed by atoms with Crippen LogP contribution in [0.3, 0.4) is 0 Å². The molecule has 0 aliphatic rings. The van der Waals surface area contributed by atoms with Gasteiger partial charge < -0.3 is 9.64 Å². The topological polar surface area (TPSA) is 29.5 Å². The first-order chi connectivity index (χ1) is 6.34. The first-order valence-electron chi connectivity index (χ1n) is 4.87. The predicted octanol–water partition coefficient (Wildman–Crippen LogP) is 1.83. The molecule has 0 bridgehead atoms. The Morgan fingerprint density at radius 2 is 1.93 bits per heavy atom. The zero-order chi connectivity index (χ0) is 11.3. The second-order valence-electron chi connectivity index (χ2n) is 4.04. The summed E-state index contributed by atoms with van der Waals surface area (Å²) >= 11 is 0. The van der Waals surface area contributed by atoms with Gasteiger partial charge in [0, 0.05) is 11.6 Å². The average Bonchev–Trinajstić information content (AvgIpc) is 2.03. The van der Waals surface area contributed by atoms with Crippen LogP contribution in [0.4, 0.5) is 0 Å². The van der Waals surface area contributed by atoms with Gasteiger partial charge in [-0.1, -0.05) is 6.58 Å². The van der Waals surface area contributed by atoms with Crippen molar-refractivity contribution in [2.75, 3.05) is 14.1 Å². The zero-order valence-corrected chi connectivity index (χ0v) is 9.83. The molecule has 82 valence electrons. The minimum absolute atomic E-state index is 0.0587. The Balaban J connectivity index is 3.92. The van der Waals surface area contributed by atoms with Gasteiger partial charge in [-0.05, 0) is 41.3 Å². The van der Waals surface area contributed by atoms with Crippen LogP contribution >= 0.6 is 0 Å². The average molecular weight is 199 g/mol. The number of carbonyl (C=O) groups is 1. The van der Waals surface area contributed by atoms with E-state index in [1.807, 2.05) is 21.0 Å². The molecule has 3 heteroatoms. The minimum atomic E-state index is -0.302. The highest BCUT2D eigenvalue weighted by atomic mass is 16.5. The number of nitrogens with zero attached hydrogens (tertiary/aromatic N) is 1. The molecule has 0 aromatic rings. The molecule has 14 heavy (non-hydrogen) atoms. The van der Waals surface area contributed by atoms with Gasteiger partial charge in [-0.15, -0.1) is 0 Å². The van der Waals surface area contributed by atoms with Crippen LogP contribution in [0.25, 0.3) is 0 Å². The lowest BCUT2D eigenvalue weighted by Crippen LogP contribution is -2.30. The van der Waals surface area contributed by atoms with Crippen LogP contribution in [0, 0.1) is 0 Å². The smallest absolute Gasteiger partial charge is 0.333 e. The van der Waals surface area contributed by atoms with Crippen LogP contribution < -0.4 is 0 Å². The summed E-state index contributed by atoms with van der Waals surface area (Å²) in [4.78, 5) is 13.3. The van der Waals surface area contributed by atoms with Gasteiger partial charge in [0.25, 0.3) is 0 Å². The van der Waals surface area contributed by atoms with Gasteiger partial charge in [-0.2, -0.15) is 0 Å². The number of ether oxygens (including phenoxy) is 1. The Morgan fingerprint density at radius 1 is 1.43 bits per heavy atom. The van der Waals surface area contributed by atoms with E-state index in [1.165, 1.54) is 0 Å². The monoisotopic (exact) mass is 199 g/mol. The molecule has 0 aromatic heterocycles. The SMILES string of the molecule is C=C(C)C(=O)OC(C)CC(C)N(C)C. The second-order valence-corrected chi connectivity index (χ2v) is 4.04. The highest BCUT2D eigenvalue weighted by molar-refractivity contribution is 5.87. The number of rotatable bonds is 5. The fraction of sp³-hybridized carbons (Fsp3) is 0.727. The maximum Gasteiger partial charge on any atom is 0.333 e. The molecule has 0 N–H and O–H groups in total. The molecule has 2 unspecified atom stereocenters. The normalized spacial score (nSPS) is 15.0. The van der Waals surface area contributed by atoms with Crippen molar-refractivity contribution in [2.45, 2.75) is 39.3 Å². The van der Waals surface area contributed by atoms with Crippen LogP contribution in [-0.2, 0) is 9.53 Å². The summed E-state index contributed by atoms with van der Waals surface area (Å²) in [6, 6.07) is 0.405. The van der Waals surface area contributed by atoms with Crippen molar-refractivity contribution in [2.24, 2.45) is 0 Å². The van der Waals surface area contributed by atoms with Crippen molar-refractivity contribution in [3.05, 3.63) is 12.2 Å². The van der Waals surface area contributed by atoms with Crippen molar-refractivity contribution >= 4 is 5.97 Å². The van der Waals surface area contributed by atoms with Crippen LogP contribution in [0.1, 0.15) is 27.2 Å². The molecule has 3 nitrogen and oxygen atoms in total. The standard InChI is InChI=1S/C11H21NO2/c1-8(2)11(13)14-10(4)7-9(3)12(5)6/h9-10H,1,7H2,2-6H3. The van der Waals surface area contributed by atoms with Crippen LogP contribution in [0.5, 0.6) is 0 Å². The quantitative estimate of drug-likeness (QED) is 0.500. The van der Waals surface area contributed by atoms with Gasteiger partial charge in [0.1, 0.15) is 6.10 Å². The van der Waals surface area contributed by atoms with E-state index in [1.54, 1.807) is 6.92 Å². The van der Waals surface area contributed by atoms with Gasteiger partial charge in [0.15, 0.2) is 0 Å². The summed E-state index contributed by atoms with van der Waals surface area (Å²) in [6.45, 7) is 9.20. The molecular weight excluding hydrogens is 178 g/mol. The number of esters is 1. The van der Waals surface area contributed by atoms with Gasteiger partial charge in [-0.3, -0.25) is 0 Å². The largest absolute Gasteiger partial charge is 0.459 e. The lowest BCUT2D eigenvalue weighted by molar-refractivity contribution is -0.144. The summed E-state index contributed by atoms with van der Waals surface area (Å²) in [5.41, 5.74) is 0.453. The summed E-state index contributed by atoms with van der Waals surface area (Å²) in [5.74, 6) is -0.302. The fourth-order valence-electron chi connectivity index (χ4n) is 1.02. The van der Waals surface area contributed by atoms with E-state index in [-0.39, 0.29) is 12.1 Å². The zero-order valence-electron chi connectivity index (χ0n) is 9.83. The Hall–Kier alpha value is -0.830. The van der Waals surface area contributed by atoms with E-state index in [2.05, 4.69) is 18.4 Å². The van der Waals surface area contributed by atoms with E-state index < -0.39 is 0 Å². The highest BCUT2D eigenvalue weighted by Crippen LogP contribution is 2.07. The molecule has 0 heterocycles. The molecule has 2 atom stereocenters. The Kier molecular flexibility index (Phi) is 5.46. The lowest BCUT2D eigenvalue weighted by atomic mass is 10.1. The van der Waals surface area contributed by atoms with Crippen LogP contribution in [0.15, 0.2) is 12.2 Å². The Morgan fingerprint density at radius 3 is 2.29 bits per heavy atom. The van der Waals surface area contributed by atoms with Crippen LogP contribution in [-0.4, -0.2) is 37.1 Å². The van der Waals surface area contributed by atoms with E-state index in [4.69, 9.17) is 4.74 Å². The molecule has 0 aromatic carbocycles. The van der Waals surface area contributed by atoms with Gasteiger partial charge >= 0.3 is 5.97 Å². The number of carbonyl (C=O) groups excluding carboxylic acids is 1. The van der Waals surface area contributed by atoms with Crippen molar-refractivity contribution in [3.63, 3.8) is 0 Å². The summed E-state index contributed by atoms with van der Waals surface area (Å²) in [5, 5.41) is 0. The molecular formula is C11H21NO2. The molecule has 0 fully saturated rings. The van der Waals surface area contributed by atoms with Gasteiger partial charge in [0.2, 0.25) is 0 Å². The first-order valence-corrected chi connectivity index (χ1v) is 4.87. The molecule has 0 aliphatic carbocycles. The molecule has 0 amide bonds. The first kappa shape index (κ1) is 13.2. The summed E-state index contributed by atoms with van der Waals surface area (Å²) in [6.07, 6.45) is 0.781. The van der Waals surface area contributed by atoms with Crippen LogP contribution in [0.2, 0.25) is 0 Å². The molecule has 0 rings (SSSR count). The highest BCUT2D eigenvalue weighted by Gasteiger charge is 2.14. The molecule has 0 spiro atoms. The predicted molar refractivity (Wildman–Crippen MR) is 58.1 cm³/mol. The van der Waals surface area contributed by atoms with Crippen molar-refractivity contribution in [1.82, 2.24) is 4.90 Å². The third-order valence-corrected chi connectivity index (χ3v) is 2.21. The Bertz CT molecular complexity index is 211. The molecule has 0 radical (unpaired) electrons. The van der Waals surface area contributed by atoms with E-state index >= 15 is 0 Å². The van der Waals surface area contributed by atoms with Crippen molar-refractivity contribution < 1.29 is 9.53 Å². The van der Waals surface area contributed by atoms with Gasteiger partial charge in [0.05, 0.1) is 0 Å². The van der Waals surface area contributed by atoms with Crippen molar-refractivity contribution in [1.29, 1.82) is 0 Å². The molecule has 0 aliphatic heterocycles.